The van der Waals surface area contributed by atoms with Crippen LogP contribution < -0.4 is 5.32 Å². The van der Waals surface area contributed by atoms with E-state index in [0.717, 1.165) is 11.1 Å². The highest BCUT2D eigenvalue weighted by Crippen LogP contribution is 2.28. The maximum atomic E-state index is 12.6. The Morgan fingerprint density at radius 3 is 2.67 bits per heavy atom. The van der Waals surface area contributed by atoms with Gasteiger partial charge in [-0.05, 0) is 32.0 Å². The molecule has 3 rings (SSSR count). The number of carbonyl (C=O) groups is 1. The lowest BCUT2D eigenvalue weighted by Gasteiger charge is -2.13. The lowest BCUT2D eigenvalue weighted by Crippen LogP contribution is -2.23. The summed E-state index contributed by atoms with van der Waals surface area (Å²) in [6.45, 7) is 8.10. The van der Waals surface area contributed by atoms with Crippen LogP contribution in [0.15, 0.2) is 66.3 Å². The van der Waals surface area contributed by atoms with E-state index in [1.165, 1.54) is 36.0 Å². The summed E-state index contributed by atoms with van der Waals surface area (Å²) in [7, 11) is 0. The number of aromatic nitrogens is 3. The second kappa shape index (κ2) is 9.36. The van der Waals surface area contributed by atoms with Gasteiger partial charge < -0.3 is 5.32 Å². The first-order valence-corrected chi connectivity index (χ1v) is 10.1. The summed E-state index contributed by atoms with van der Waals surface area (Å²) in [6.07, 6.45) is 1.76. The van der Waals surface area contributed by atoms with Crippen molar-refractivity contribution in [1.29, 1.82) is 0 Å². The van der Waals surface area contributed by atoms with Gasteiger partial charge in [-0.15, -0.1) is 16.8 Å². The summed E-state index contributed by atoms with van der Waals surface area (Å²) in [5.41, 5.74) is 2.52. The van der Waals surface area contributed by atoms with Crippen LogP contribution in [0.25, 0.3) is 11.4 Å². The SMILES string of the molecule is C=CCn1c(SC(C)C(=O)Nc2ccc([N+](=O)[O-])cc2)nnc1-c1cccc(C)c1. The van der Waals surface area contributed by atoms with Crippen LogP contribution in [0.1, 0.15) is 12.5 Å². The number of anilines is 1. The van der Waals surface area contributed by atoms with Crippen molar-refractivity contribution in [1.82, 2.24) is 14.8 Å². The number of carbonyl (C=O) groups excluding carboxylic acids is 1. The van der Waals surface area contributed by atoms with Crippen molar-refractivity contribution in [2.45, 2.75) is 30.8 Å². The van der Waals surface area contributed by atoms with E-state index < -0.39 is 10.2 Å². The predicted molar refractivity (Wildman–Crippen MR) is 117 cm³/mol. The van der Waals surface area contributed by atoms with Gasteiger partial charge in [-0.3, -0.25) is 19.5 Å². The maximum absolute atomic E-state index is 12.6. The van der Waals surface area contributed by atoms with E-state index in [1.807, 2.05) is 35.8 Å². The molecule has 1 atom stereocenters. The minimum absolute atomic E-state index is 0.0309. The molecule has 154 valence electrons. The Morgan fingerprint density at radius 1 is 1.30 bits per heavy atom. The molecule has 0 fully saturated rings. The first kappa shape index (κ1) is 21.3. The van der Waals surface area contributed by atoms with Crippen molar-refractivity contribution in [2.75, 3.05) is 5.32 Å². The Morgan fingerprint density at radius 2 is 2.03 bits per heavy atom. The van der Waals surface area contributed by atoms with Gasteiger partial charge in [0.25, 0.3) is 5.69 Å². The number of amides is 1. The van der Waals surface area contributed by atoms with E-state index in [2.05, 4.69) is 22.1 Å². The third kappa shape index (κ3) is 4.93. The lowest BCUT2D eigenvalue weighted by atomic mass is 10.1. The van der Waals surface area contributed by atoms with Crippen LogP contribution >= 0.6 is 11.8 Å². The van der Waals surface area contributed by atoms with Crippen LogP contribution in [0.5, 0.6) is 0 Å². The van der Waals surface area contributed by atoms with Gasteiger partial charge in [-0.2, -0.15) is 0 Å². The molecule has 0 spiro atoms. The Labute approximate surface area is 178 Å². The standard InChI is InChI=1S/C21H21N5O3S/c1-4-12-25-19(16-7-5-6-14(2)13-16)23-24-21(25)30-15(3)20(27)22-17-8-10-18(11-9-17)26(28)29/h4-11,13,15H,1,12H2,2-3H3,(H,22,27). The molecular formula is C21H21N5O3S. The molecular weight excluding hydrogens is 402 g/mol. The molecule has 9 heteroatoms. The second-order valence-corrected chi connectivity index (χ2v) is 7.94. The number of hydrogen-bond donors (Lipinski definition) is 1. The Balaban J connectivity index is 1.75. The van der Waals surface area contributed by atoms with Gasteiger partial charge in [-0.25, -0.2) is 0 Å². The fourth-order valence-corrected chi connectivity index (χ4v) is 3.65. The summed E-state index contributed by atoms with van der Waals surface area (Å²) in [5.74, 6) is 0.475. The Kier molecular flexibility index (Phi) is 6.63. The summed E-state index contributed by atoms with van der Waals surface area (Å²) in [5, 5.41) is 22.3. The van der Waals surface area contributed by atoms with Crippen LogP contribution in [0.4, 0.5) is 11.4 Å². The van der Waals surface area contributed by atoms with Crippen molar-refractivity contribution in [3.05, 3.63) is 76.9 Å². The molecule has 30 heavy (non-hydrogen) atoms. The quantitative estimate of drug-likeness (QED) is 0.248. The van der Waals surface area contributed by atoms with E-state index in [4.69, 9.17) is 0 Å². The highest BCUT2D eigenvalue weighted by molar-refractivity contribution is 8.00. The fourth-order valence-electron chi connectivity index (χ4n) is 2.79. The van der Waals surface area contributed by atoms with Gasteiger partial charge in [0.2, 0.25) is 5.91 Å². The summed E-state index contributed by atoms with van der Waals surface area (Å²) >= 11 is 1.29. The number of non-ortho nitro benzene ring substituents is 1. The topological polar surface area (TPSA) is 103 Å². The van der Waals surface area contributed by atoms with Gasteiger partial charge in [0.1, 0.15) is 0 Å². The molecule has 0 saturated heterocycles. The molecule has 0 aliphatic carbocycles. The number of nitro groups is 1. The second-order valence-electron chi connectivity index (χ2n) is 6.63. The lowest BCUT2D eigenvalue weighted by molar-refractivity contribution is -0.384. The molecule has 1 amide bonds. The minimum Gasteiger partial charge on any atom is -0.325 e. The average Bonchev–Trinajstić information content (AvgIpc) is 3.11. The predicted octanol–water partition coefficient (Wildman–Crippen LogP) is 4.47. The third-order valence-corrected chi connectivity index (χ3v) is 5.38. The number of nitrogens with one attached hydrogen (secondary N) is 1. The zero-order chi connectivity index (χ0) is 21.7. The Hall–Kier alpha value is -3.46. The highest BCUT2D eigenvalue weighted by Gasteiger charge is 2.21. The van der Waals surface area contributed by atoms with Gasteiger partial charge in [-0.1, -0.05) is 41.6 Å². The largest absolute Gasteiger partial charge is 0.325 e. The van der Waals surface area contributed by atoms with Crippen LogP contribution in [-0.2, 0) is 11.3 Å². The van der Waals surface area contributed by atoms with Gasteiger partial charge in [0.15, 0.2) is 11.0 Å². The van der Waals surface area contributed by atoms with Crippen molar-refractivity contribution in [2.24, 2.45) is 0 Å². The molecule has 1 heterocycles. The van der Waals surface area contributed by atoms with E-state index in [9.17, 15) is 14.9 Å². The molecule has 0 saturated carbocycles. The molecule has 0 aliphatic heterocycles. The van der Waals surface area contributed by atoms with Gasteiger partial charge in [0, 0.05) is 29.9 Å². The van der Waals surface area contributed by atoms with Crippen LogP contribution in [0.3, 0.4) is 0 Å². The zero-order valence-electron chi connectivity index (χ0n) is 16.6. The molecule has 2 aromatic carbocycles. The summed E-state index contributed by atoms with van der Waals surface area (Å²) < 4.78 is 1.92. The molecule has 0 radical (unpaired) electrons. The first-order chi connectivity index (χ1) is 14.4. The number of aryl methyl sites for hydroxylation is 1. The van der Waals surface area contributed by atoms with Crippen LogP contribution in [0.2, 0.25) is 0 Å². The molecule has 1 unspecified atom stereocenters. The maximum Gasteiger partial charge on any atom is 0.269 e. The van der Waals surface area contributed by atoms with E-state index in [0.29, 0.717) is 23.2 Å². The molecule has 0 bridgehead atoms. The number of nitrogens with zero attached hydrogens (tertiary/aromatic N) is 4. The molecule has 8 nitrogen and oxygen atoms in total. The van der Waals surface area contributed by atoms with Gasteiger partial charge >= 0.3 is 0 Å². The molecule has 0 aliphatic rings. The number of rotatable bonds is 8. The van der Waals surface area contributed by atoms with E-state index >= 15 is 0 Å². The number of nitro benzene ring substituents is 1. The number of allylic oxidation sites excluding steroid dienone is 1. The van der Waals surface area contributed by atoms with Crippen molar-refractivity contribution < 1.29 is 9.72 Å². The van der Waals surface area contributed by atoms with E-state index in [1.54, 1.807) is 13.0 Å². The molecule has 1 aromatic heterocycles. The highest BCUT2D eigenvalue weighted by atomic mass is 32.2. The van der Waals surface area contributed by atoms with E-state index in [-0.39, 0.29) is 11.6 Å². The zero-order valence-corrected chi connectivity index (χ0v) is 17.4. The third-order valence-electron chi connectivity index (χ3n) is 4.30. The first-order valence-electron chi connectivity index (χ1n) is 9.22. The minimum atomic E-state index is -0.484. The fraction of sp³-hybridized carbons (Fsp3) is 0.190. The van der Waals surface area contributed by atoms with Crippen molar-refractivity contribution in [3.8, 4) is 11.4 Å². The van der Waals surface area contributed by atoms with Gasteiger partial charge in [0.05, 0.1) is 10.2 Å². The summed E-state index contributed by atoms with van der Waals surface area (Å²) in [6, 6.07) is 13.7. The average molecular weight is 423 g/mol. The van der Waals surface area contributed by atoms with Crippen LogP contribution in [-0.4, -0.2) is 30.8 Å². The molecule has 1 N–H and O–H groups in total. The normalized spacial score (nSPS) is 11.7. The van der Waals surface area contributed by atoms with Crippen LogP contribution in [0, 0.1) is 17.0 Å². The number of benzene rings is 2. The van der Waals surface area contributed by atoms with Crippen molar-refractivity contribution >= 4 is 29.0 Å². The monoisotopic (exact) mass is 423 g/mol. The molecule has 3 aromatic rings. The Bertz CT molecular complexity index is 1080. The number of thioether (sulfide) groups is 1. The summed E-state index contributed by atoms with van der Waals surface area (Å²) in [4.78, 5) is 22.8. The van der Waals surface area contributed by atoms with Crippen molar-refractivity contribution in [3.63, 3.8) is 0 Å². The smallest absolute Gasteiger partial charge is 0.269 e. The number of hydrogen-bond acceptors (Lipinski definition) is 6.